The zero-order valence-corrected chi connectivity index (χ0v) is 12.4. The van der Waals surface area contributed by atoms with Gasteiger partial charge in [-0.25, -0.2) is 0 Å². The smallest absolute Gasteiger partial charge is 0.0248 e. The molecule has 2 heteroatoms. The van der Waals surface area contributed by atoms with Crippen LogP contribution in [0.4, 0.5) is 0 Å². The summed E-state index contributed by atoms with van der Waals surface area (Å²) < 4.78 is 0. The average Bonchev–Trinajstić information content (AvgIpc) is 2.59. The van der Waals surface area contributed by atoms with Crippen molar-refractivity contribution < 1.29 is 0 Å². The number of hydrogen-bond acceptors (Lipinski definition) is 2. The molecular formula is C17H21NS. The Labute approximate surface area is 120 Å². The molecule has 0 radical (unpaired) electrons. The van der Waals surface area contributed by atoms with E-state index in [2.05, 4.69) is 43.2 Å². The van der Waals surface area contributed by atoms with E-state index in [-0.39, 0.29) is 0 Å². The van der Waals surface area contributed by atoms with Crippen LogP contribution >= 0.6 is 11.8 Å². The molecule has 1 nitrogen and oxygen atoms in total. The summed E-state index contributed by atoms with van der Waals surface area (Å²) in [6.45, 7) is 12.9. The van der Waals surface area contributed by atoms with E-state index in [0.29, 0.717) is 0 Å². The van der Waals surface area contributed by atoms with Crippen LogP contribution in [0.25, 0.3) is 0 Å². The highest BCUT2D eigenvalue weighted by molar-refractivity contribution is 7.99. The quantitative estimate of drug-likeness (QED) is 0.755. The lowest BCUT2D eigenvalue weighted by Crippen LogP contribution is -2.26. The number of benzene rings is 1. The summed E-state index contributed by atoms with van der Waals surface area (Å²) in [5.41, 5.74) is 4.02. The van der Waals surface area contributed by atoms with Crippen LogP contribution < -0.4 is 0 Å². The molecule has 1 aromatic carbocycles. The van der Waals surface area contributed by atoms with Gasteiger partial charge in [0.15, 0.2) is 0 Å². The van der Waals surface area contributed by atoms with Crippen LogP contribution in [-0.4, -0.2) is 23.7 Å². The summed E-state index contributed by atoms with van der Waals surface area (Å²) in [5.74, 6) is 1.15. The molecule has 0 saturated carbocycles. The molecule has 0 saturated heterocycles. The molecule has 2 rings (SSSR count). The van der Waals surface area contributed by atoms with Crippen LogP contribution in [0.15, 0.2) is 60.1 Å². The Bertz CT molecular complexity index is 502. The van der Waals surface area contributed by atoms with Gasteiger partial charge in [0.2, 0.25) is 0 Å². The molecule has 1 aromatic rings. The predicted molar refractivity (Wildman–Crippen MR) is 85.7 cm³/mol. The summed E-state index contributed by atoms with van der Waals surface area (Å²) in [5, 5.41) is 0. The van der Waals surface area contributed by atoms with Gasteiger partial charge in [0.25, 0.3) is 0 Å². The molecule has 1 aliphatic rings. The summed E-state index contributed by atoms with van der Waals surface area (Å²) in [7, 11) is 0. The number of nitrogens with zero attached hydrogens (tertiary/aromatic N) is 1. The minimum atomic E-state index is 0.948. The van der Waals surface area contributed by atoms with Crippen molar-refractivity contribution in [3.8, 4) is 0 Å². The summed E-state index contributed by atoms with van der Waals surface area (Å²) in [4.78, 5) is 3.91. The van der Waals surface area contributed by atoms with Crippen molar-refractivity contribution in [1.82, 2.24) is 4.90 Å². The number of rotatable bonds is 4. The predicted octanol–water partition coefficient (Wildman–Crippen LogP) is 4.20. The fourth-order valence-corrected chi connectivity index (χ4v) is 3.35. The SMILES string of the molecule is C=C/C=C(\C=C)CN1CCSc2ccc(C)cc2C1. The van der Waals surface area contributed by atoms with Gasteiger partial charge < -0.3 is 0 Å². The van der Waals surface area contributed by atoms with E-state index in [1.54, 1.807) is 0 Å². The number of aryl methyl sites for hydroxylation is 1. The lowest BCUT2D eigenvalue weighted by Gasteiger charge is -2.20. The lowest BCUT2D eigenvalue weighted by molar-refractivity contribution is 0.309. The second-order valence-electron chi connectivity index (χ2n) is 4.85. The fourth-order valence-electron chi connectivity index (χ4n) is 2.31. The monoisotopic (exact) mass is 271 g/mol. The third-order valence-corrected chi connectivity index (χ3v) is 4.37. The van der Waals surface area contributed by atoms with Crippen LogP contribution in [0.3, 0.4) is 0 Å². The van der Waals surface area contributed by atoms with E-state index in [1.165, 1.54) is 21.6 Å². The average molecular weight is 271 g/mol. The minimum Gasteiger partial charge on any atom is -0.294 e. The normalized spacial score (nSPS) is 16.6. The Hall–Kier alpha value is -1.25. The van der Waals surface area contributed by atoms with Crippen LogP contribution in [0.1, 0.15) is 11.1 Å². The molecule has 0 spiro atoms. The molecule has 0 N–H and O–H groups in total. The zero-order chi connectivity index (χ0) is 13.7. The number of allylic oxidation sites excluding steroid dienone is 2. The van der Waals surface area contributed by atoms with Gasteiger partial charge in [0, 0.05) is 30.3 Å². The van der Waals surface area contributed by atoms with Crippen LogP contribution in [0.2, 0.25) is 0 Å². The van der Waals surface area contributed by atoms with Crippen molar-refractivity contribution in [3.63, 3.8) is 0 Å². The number of fused-ring (bicyclic) bond motifs is 1. The largest absolute Gasteiger partial charge is 0.294 e. The zero-order valence-electron chi connectivity index (χ0n) is 11.6. The highest BCUT2D eigenvalue weighted by Crippen LogP contribution is 2.28. The first-order valence-corrected chi connectivity index (χ1v) is 7.60. The minimum absolute atomic E-state index is 0.948. The molecule has 0 amide bonds. The second-order valence-corrected chi connectivity index (χ2v) is 5.99. The Morgan fingerprint density at radius 2 is 2.26 bits per heavy atom. The maximum absolute atomic E-state index is 3.88. The van der Waals surface area contributed by atoms with Gasteiger partial charge >= 0.3 is 0 Å². The van der Waals surface area contributed by atoms with Gasteiger partial charge in [0.05, 0.1) is 0 Å². The molecule has 19 heavy (non-hydrogen) atoms. The molecule has 0 fully saturated rings. The van der Waals surface area contributed by atoms with E-state index >= 15 is 0 Å². The first-order valence-electron chi connectivity index (χ1n) is 6.61. The summed E-state index contributed by atoms with van der Waals surface area (Å²) in [6.07, 6.45) is 5.81. The molecule has 0 atom stereocenters. The Balaban J connectivity index is 2.15. The van der Waals surface area contributed by atoms with E-state index in [1.807, 2.05) is 30.0 Å². The summed E-state index contributed by atoms with van der Waals surface area (Å²) in [6, 6.07) is 6.77. The van der Waals surface area contributed by atoms with E-state index in [0.717, 1.165) is 25.4 Å². The van der Waals surface area contributed by atoms with Crippen molar-refractivity contribution >= 4 is 11.8 Å². The molecule has 0 unspecified atom stereocenters. The van der Waals surface area contributed by atoms with Gasteiger partial charge in [-0.3, -0.25) is 4.90 Å². The van der Waals surface area contributed by atoms with Gasteiger partial charge in [-0.05, 0) is 24.1 Å². The van der Waals surface area contributed by atoms with Crippen LogP contribution in [0.5, 0.6) is 0 Å². The maximum atomic E-state index is 3.88. The third kappa shape index (κ3) is 3.85. The van der Waals surface area contributed by atoms with Crippen LogP contribution in [0, 0.1) is 6.92 Å². The van der Waals surface area contributed by atoms with Crippen molar-refractivity contribution in [2.45, 2.75) is 18.4 Å². The van der Waals surface area contributed by atoms with Crippen LogP contribution in [-0.2, 0) is 6.54 Å². The van der Waals surface area contributed by atoms with Crippen molar-refractivity contribution in [3.05, 3.63) is 66.3 Å². The van der Waals surface area contributed by atoms with Gasteiger partial charge in [-0.2, -0.15) is 0 Å². The van der Waals surface area contributed by atoms with E-state index in [9.17, 15) is 0 Å². The highest BCUT2D eigenvalue weighted by Gasteiger charge is 2.15. The van der Waals surface area contributed by atoms with Crippen molar-refractivity contribution in [2.24, 2.45) is 0 Å². The number of thioether (sulfide) groups is 1. The maximum Gasteiger partial charge on any atom is 0.0248 e. The first kappa shape index (κ1) is 14.2. The molecule has 0 aliphatic carbocycles. The van der Waals surface area contributed by atoms with E-state index in [4.69, 9.17) is 0 Å². The molecule has 0 bridgehead atoms. The Morgan fingerprint density at radius 1 is 1.42 bits per heavy atom. The molecule has 1 heterocycles. The molecule has 100 valence electrons. The standard InChI is InChI=1S/C17H21NS/c1-4-6-15(5-2)12-18-9-10-19-17-8-7-14(3)11-16(17)13-18/h4-8,11H,1-2,9-10,12-13H2,3H3/b15-6+. The molecule has 0 aromatic heterocycles. The van der Waals surface area contributed by atoms with Gasteiger partial charge in [0.1, 0.15) is 0 Å². The summed E-state index contributed by atoms with van der Waals surface area (Å²) >= 11 is 1.96. The number of hydrogen-bond donors (Lipinski definition) is 0. The topological polar surface area (TPSA) is 3.24 Å². The first-order chi connectivity index (χ1) is 9.22. The van der Waals surface area contributed by atoms with E-state index < -0.39 is 0 Å². The highest BCUT2D eigenvalue weighted by atomic mass is 32.2. The Kier molecular flexibility index (Phi) is 5.06. The lowest BCUT2D eigenvalue weighted by atomic mass is 10.1. The molecule has 1 aliphatic heterocycles. The van der Waals surface area contributed by atoms with Gasteiger partial charge in [-0.15, -0.1) is 11.8 Å². The molecular weight excluding hydrogens is 250 g/mol. The van der Waals surface area contributed by atoms with Crippen molar-refractivity contribution in [1.29, 1.82) is 0 Å². The fraction of sp³-hybridized carbons (Fsp3) is 0.294. The van der Waals surface area contributed by atoms with Gasteiger partial charge in [-0.1, -0.05) is 49.1 Å². The second kappa shape index (κ2) is 6.78. The third-order valence-electron chi connectivity index (χ3n) is 3.28. The van der Waals surface area contributed by atoms with Crippen molar-refractivity contribution in [2.75, 3.05) is 18.8 Å². The Morgan fingerprint density at radius 3 is 3.00 bits per heavy atom.